The van der Waals surface area contributed by atoms with E-state index in [1.807, 2.05) is 6.92 Å². The van der Waals surface area contributed by atoms with Crippen molar-refractivity contribution in [2.45, 2.75) is 65.3 Å². The number of nitrogens with zero attached hydrogens (tertiary/aromatic N) is 1. The van der Waals surface area contributed by atoms with E-state index in [0.29, 0.717) is 24.8 Å². The summed E-state index contributed by atoms with van der Waals surface area (Å²) in [4.78, 5) is 41.8. The molecule has 12 heteroatoms. The number of rotatable bonds is 13. The summed E-state index contributed by atoms with van der Waals surface area (Å²) < 4.78 is 69.0. The van der Waals surface area contributed by atoms with E-state index in [2.05, 4.69) is 10.3 Å². The number of carbonyl (C=O) groups excluding carboxylic acids is 3. The highest BCUT2D eigenvalue weighted by Gasteiger charge is 2.33. The van der Waals surface area contributed by atoms with E-state index in [-0.39, 0.29) is 29.0 Å². The molecule has 0 saturated carbocycles. The van der Waals surface area contributed by atoms with Crippen molar-refractivity contribution in [2.75, 3.05) is 7.11 Å². The van der Waals surface area contributed by atoms with Gasteiger partial charge in [-0.25, -0.2) is 14.2 Å². The minimum atomic E-state index is -4.45. The zero-order chi connectivity index (χ0) is 33.3. The highest BCUT2D eigenvalue weighted by atomic mass is 19.4. The number of hydrogen-bond donors (Lipinski definition) is 1. The third kappa shape index (κ3) is 9.75. The van der Waals surface area contributed by atoms with Crippen LogP contribution in [0.1, 0.15) is 61.3 Å². The Kier molecular flexibility index (Phi) is 12.1. The molecular formula is C33H36F4N2O6. The maximum Gasteiger partial charge on any atom is 0.416 e. The van der Waals surface area contributed by atoms with Gasteiger partial charge in [-0.2, -0.15) is 13.2 Å². The van der Waals surface area contributed by atoms with Crippen LogP contribution in [0, 0.1) is 17.7 Å². The molecule has 1 aromatic heterocycles. The number of amides is 1. The third-order valence-electron chi connectivity index (χ3n) is 7.45. The van der Waals surface area contributed by atoms with Crippen molar-refractivity contribution in [3.8, 4) is 11.5 Å². The Morgan fingerprint density at radius 3 is 2.09 bits per heavy atom. The van der Waals surface area contributed by atoms with Crippen molar-refractivity contribution in [3.63, 3.8) is 0 Å². The molecule has 0 aliphatic carbocycles. The van der Waals surface area contributed by atoms with Crippen LogP contribution in [0.4, 0.5) is 17.6 Å². The van der Waals surface area contributed by atoms with Crippen molar-refractivity contribution < 1.29 is 46.2 Å². The average molecular weight is 633 g/mol. The standard InChI is InChI=1S/C33H36F4N2O6/c1-6-24(17-22-7-11-25(12-8-22)33(35,36)37)27(18-23-9-13-26(34)14-10-23)20(3)44-32(42)19(2)39-31(41)29-30(45-21(4)40)28(43-5)15-16-38-29/h7-16,19-20,24,27H,6,17-18H2,1-5H3,(H,39,41)/t19-,20-,24+,27-/m0/s1. The molecule has 0 radical (unpaired) electrons. The van der Waals surface area contributed by atoms with Gasteiger partial charge in [-0.05, 0) is 68.0 Å². The smallest absolute Gasteiger partial charge is 0.416 e. The summed E-state index contributed by atoms with van der Waals surface area (Å²) in [6.45, 7) is 6.22. The summed E-state index contributed by atoms with van der Waals surface area (Å²) in [6, 6.07) is 11.1. The molecule has 0 spiro atoms. The zero-order valence-corrected chi connectivity index (χ0v) is 25.6. The van der Waals surface area contributed by atoms with Gasteiger partial charge in [-0.15, -0.1) is 0 Å². The topological polar surface area (TPSA) is 104 Å². The fraction of sp³-hybridized carbons (Fsp3) is 0.394. The van der Waals surface area contributed by atoms with E-state index in [1.165, 1.54) is 50.6 Å². The van der Waals surface area contributed by atoms with Crippen LogP contribution in [-0.2, 0) is 33.3 Å². The van der Waals surface area contributed by atoms with Crippen LogP contribution < -0.4 is 14.8 Å². The highest BCUT2D eigenvalue weighted by Crippen LogP contribution is 2.33. The number of pyridine rings is 1. The Hall–Kier alpha value is -4.48. The molecule has 1 heterocycles. The number of alkyl halides is 3. The second-order valence-electron chi connectivity index (χ2n) is 10.7. The van der Waals surface area contributed by atoms with Crippen LogP contribution in [0.5, 0.6) is 11.5 Å². The van der Waals surface area contributed by atoms with Gasteiger partial charge in [0.1, 0.15) is 18.0 Å². The van der Waals surface area contributed by atoms with Crippen LogP contribution in [0.3, 0.4) is 0 Å². The minimum absolute atomic E-state index is 0.0940. The molecule has 3 aromatic rings. The second kappa shape index (κ2) is 15.5. The summed E-state index contributed by atoms with van der Waals surface area (Å²) in [5.74, 6) is -3.22. The molecule has 1 N–H and O–H groups in total. The third-order valence-corrected chi connectivity index (χ3v) is 7.45. The van der Waals surface area contributed by atoms with E-state index < -0.39 is 47.5 Å². The van der Waals surface area contributed by atoms with Crippen LogP contribution in [0.2, 0.25) is 0 Å². The first kappa shape index (κ1) is 35.0. The first-order valence-corrected chi connectivity index (χ1v) is 14.4. The first-order chi connectivity index (χ1) is 21.2. The molecule has 3 rings (SSSR count). The largest absolute Gasteiger partial charge is 0.493 e. The van der Waals surface area contributed by atoms with Gasteiger partial charge in [0.05, 0.1) is 12.7 Å². The molecule has 0 aliphatic rings. The van der Waals surface area contributed by atoms with E-state index >= 15 is 0 Å². The average Bonchev–Trinajstić information content (AvgIpc) is 2.99. The van der Waals surface area contributed by atoms with Crippen LogP contribution in [0.25, 0.3) is 0 Å². The van der Waals surface area contributed by atoms with E-state index in [1.54, 1.807) is 19.1 Å². The highest BCUT2D eigenvalue weighted by molar-refractivity contribution is 5.98. The number of hydrogen-bond acceptors (Lipinski definition) is 7. The van der Waals surface area contributed by atoms with Gasteiger partial charge in [0.25, 0.3) is 5.91 Å². The summed E-state index contributed by atoms with van der Waals surface area (Å²) >= 11 is 0. The summed E-state index contributed by atoms with van der Waals surface area (Å²) in [5.41, 5.74) is 0.463. The number of nitrogens with one attached hydrogen (secondary N) is 1. The second-order valence-corrected chi connectivity index (χ2v) is 10.7. The summed E-state index contributed by atoms with van der Waals surface area (Å²) in [6.07, 6.45) is -2.45. The molecule has 0 saturated heterocycles. The van der Waals surface area contributed by atoms with Gasteiger partial charge in [0.2, 0.25) is 5.75 Å². The summed E-state index contributed by atoms with van der Waals surface area (Å²) in [7, 11) is 1.33. The Balaban J connectivity index is 1.79. The number of esters is 2. The molecule has 0 bridgehead atoms. The molecule has 0 unspecified atom stereocenters. The van der Waals surface area contributed by atoms with Crippen molar-refractivity contribution in [1.82, 2.24) is 10.3 Å². The lowest BCUT2D eigenvalue weighted by molar-refractivity contribution is -0.153. The minimum Gasteiger partial charge on any atom is -0.493 e. The fourth-order valence-corrected chi connectivity index (χ4v) is 5.03. The molecule has 2 aromatic carbocycles. The van der Waals surface area contributed by atoms with Gasteiger partial charge >= 0.3 is 18.1 Å². The Labute approximate surface area is 259 Å². The summed E-state index contributed by atoms with van der Waals surface area (Å²) in [5, 5.41) is 2.51. The number of halogens is 4. The first-order valence-electron chi connectivity index (χ1n) is 14.4. The SMILES string of the molecule is CC[C@H](Cc1ccc(C(F)(F)F)cc1)[C@@H](Cc1ccc(F)cc1)[C@H](C)OC(=O)[C@H](C)NC(=O)c1nccc(OC)c1OC(C)=O. The van der Waals surface area contributed by atoms with E-state index in [4.69, 9.17) is 14.2 Å². The van der Waals surface area contributed by atoms with E-state index in [0.717, 1.165) is 24.6 Å². The molecule has 242 valence electrons. The normalized spacial score (nSPS) is 14.1. The lowest BCUT2D eigenvalue weighted by atomic mass is 9.78. The van der Waals surface area contributed by atoms with Crippen molar-refractivity contribution >= 4 is 17.8 Å². The lowest BCUT2D eigenvalue weighted by Gasteiger charge is -2.32. The monoisotopic (exact) mass is 632 g/mol. The van der Waals surface area contributed by atoms with Crippen LogP contribution in [-0.4, -0.2) is 42.1 Å². The quantitative estimate of drug-likeness (QED) is 0.173. The predicted octanol–water partition coefficient (Wildman–Crippen LogP) is 6.35. The van der Waals surface area contributed by atoms with Gasteiger partial charge in [-0.1, -0.05) is 37.6 Å². The van der Waals surface area contributed by atoms with Crippen LogP contribution in [0.15, 0.2) is 60.8 Å². The molecule has 4 atom stereocenters. The van der Waals surface area contributed by atoms with Crippen molar-refractivity contribution in [3.05, 3.63) is 89.0 Å². The fourth-order valence-electron chi connectivity index (χ4n) is 5.03. The van der Waals surface area contributed by atoms with Gasteiger partial charge < -0.3 is 19.5 Å². The Morgan fingerprint density at radius 1 is 0.933 bits per heavy atom. The molecule has 0 fully saturated rings. The number of methoxy groups -OCH3 is 1. The van der Waals surface area contributed by atoms with Gasteiger partial charge in [-0.3, -0.25) is 9.59 Å². The molecule has 8 nitrogen and oxygen atoms in total. The number of ether oxygens (including phenoxy) is 3. The predicted molar refractivity (Wildman–Crippen MR) is 157 cm³/mol. The van der Waals surface area contributed by atoms with Crippen LogP contribution >= 0.6 is 0 Å². The van der Waals surface area contributed by atoms with E-state index in [9.17, 15) is 31.9 Å². The maximum absolute atomic E-state index is 13.6. The van der Waals surface area contributed by atoms with Crippen molar-refractivity contribution in [1.29, 1.82) is 0 Å². The lowest BCUT2D eigenvalue weighted by Crippen LogP contribution is -2.43. The van der Waals surface area contributed by atoms with Gasteiger partial charge in [0, 0.05) is 25.1 Å². The van der Waals surface area contributed by atoms with Crippen molar-refractivity contribution in [2.24, 2.45) is 11.8 Å². The Morgan fingerprint density at radius 2 is 1.53 bits per heavy atom. The molecule has 1 amide bonds. The maximum atomic E-state index is 13.6. The number of carbonyl (C=O) groups is 3. The zero-order valence-electron chi connectivity index (χ0n) is 25.6. The number of aromatic nitrogens is 1. The van der Waals surface area contributed by atoms with Gasteiger partial charge in [0.15, 0.2) is 11.4 Å². The Bertz CT molecular complexity index is 1460. The molecular weight excluding hydrogens is 596 g/mol. The molecule has 45 heavy (non-hydrogen) atoms. The number of benzene rings is 2. The molecule has 0 aliphatic heterocycles.